The standard InChI is InChI=1S/C26H21FN4O5/c27-19-12-16(20-3-1-2-10-28-20)6-7-21(19)29-26(35)36-14-15-4-5-17-13-31(25(34)18(17)11-15)22-8-9-23(32)30-24(22)33/h1-7,10-12,22H,8-9,13-14H2,(H,29,35)(H,30,32,33). The molecule has 3 aromatic rings. The molecule has 1 saturated heterocycles. The molecule has 0 bridgehead atoms. The second kappa shape index (κ2) is 9.57. The third kappa shape index (κ3) is 4.65. The lowest BCUT2D eigenvalue weighted by molar-refractivity contribution is -0.136. The predicted octanol–water partition coefficient (Wildman–Crippen LogP) is 3.40. The van der Waals surface area contributed by atoms with Crippen molar-refractivity contribution in [2.24, 2.45) is 0 Å². The van der Waals surface area contributed by atoms with Crippen molar-refractivity contribution in [3.05, 3.63) is 83.3 Å². The van der Waals surface area contributed by atoms with Gasteiger partial charge in [0.15, 0.2) is 0 Å². The van der Waals surface area contributed by atoms with E-state index in [2.05, 4.69) is 15.6 Å². The number of amides is 4. The molecular weight excluding hydrogens is 467 g/mol. The van der Waals surface area contributed by atoms with E-state index in [0.29, 0.717) is 22.4 Å². The Labute approximate surface area is 205 Å². The van der Waals surface area contributed by atoms with E-state index in [0.717, 1.165) is 5.56 Å². The number of imide groups is 1. The van der Waals surface area contributed by atoms with Gasteiger partial charge in [-0.15, -0.1) is 0 Å². The van der Waals surface area contributed by atoms with E-state index in [9.17, 15) is 23.6 Å². The number of hydrogen-bond acceptors (Lipinski definition) is 6. The summed E-state index contributed by atoms with van der Waals surface area (Å²) in [5.74, 6) is -1.78. The third-order valence-corrected chi connectivity index (χ3v) is 6.13. The fourth-order valence-electron chi connectivity index (χ4n) is 4.30. The van der Waals surface area contributed by atoms with Gasteiger partial charge in [0.1, 0.15) is 18.5 Å². The lowest BCUT2D eigenvalue weighted by Crippen LogP contribution is -2.52. The summed E-state index contributed by atoms with van der Waals surface area (Å²) < 4.78 is 19.7. The smallest absolute Gasteiger partial charge is 0.412 e. The minimum atomic E-state index is -0.850. The van der Waals surface area contributed by atoms with Crippen molar-refractivity contribution in [1.29, 1.82) is 0 Å². The monoisotopic (exact) mass is 488 g/mol. The number of piperidine rings is 1. The van der Waals surface area contributed by atoms with E-state index >= 15 is 0 Å². The molecule has 2 aliphatic rings. The number of hydrogen-bond donors (Lipinski definition) is 2. The van der Waals surface area contributed by atoms with Crippen LogP contribution in [0.2, 0.25) is 0 Å². The van der Waals surface area contributed by atoms with Crippen LogP contribution in [-0.2, 0) is 27.5 Å². The van der Waals surface area contributed by atoms with E-state index in [4.69, 9.17) is 4.74 Å². The van der Waals surface area contributed by atoms with Crippen molar-refractivity contribution in [3.8, 4) is 11.3 Å². The van der Waals surface area contributed by atoms with Gasteiger partial charge in [-0.1, -0.05) is 24.3 Å². The van der Waals surface area contributed by atoms with Crippen LogP contribution in [0, 0.1) is 5.82 Å². The molecule has 1 fully saturated rings. The van der Waals surface area contributed by atoms with Crippen LogP contribution >= 0.6 is 0 Å². The Bertz CT molecular complexity index is 1380. The highest BCUT2D eigenvalue weighted by Gasteiger charge is 2.39. The van der Waals surface area contributed by atoms with Crippen LogP contribution in [-0.4, -0.2) is 39.7 Å². The molecule has 0 aliphatic carbocycles. The van der Waals surface area contributed by atoms with Gasteiger partial charge in [-0.2, -0.15) is 0 Å². The van der Waals surface area contributed by atoms with E-state index in [-0.39, 0.29) is 43.5 Å². The number of anilines is 1. The molecule has 2 aliphatic heterocycles. The predicted molar refractivity (Wildman–Crippen MR) is 126 cm³/mol. The highest BCUT2D eigenvalue weighted by atomic mass is 19.1. The van der Waals surface area contributed by atoms with Crippen molar-refractivity contribution in [1.82, 2.24) is 15.2 Å². The number of benzene rings is 2. The summed E-state index contributed by atoms with van der Waals surface area (Å²) in [5.41, 5.74) is 2.86. The van der Waals surface area contributed by atoms with E-state index in [1.54, 1.807) is 48.7 Å². The molecule has 1 unspecified atom stereocenters. The Hall–Kier alpha value is -4.60. The van der Waals surface area contributed by atoms with Gasteiger partial charge in [-0.25, -0.2) is 9.18 Å². The molecule has 4 amide bonds. The number of carbonyl (C=O) groups is 4. The number of nitrogens with zero attached hydrogens (tertiary/aromatic N) is 2. The first kappa shape index (κ1) is 23.2. The van der Waals surface area contributed by atoms with Gasteiger partial charge in [0.2, 0.25) is 11.8 Å². The van der Waals surface area contributed by atoms with Crippen molar-refractivity contribution in [2.75, 3.05) is 5.32 Å². The number of rotatable bonds is 5. The van der Waals surface area contributed by atoms with Crippen LogP contribution in [0.15, 0.2) is 60.8 Å². The topological polar surface area (TPSA) is 118 Å². The van der Waals surface area contributed by atoms with Gasteiger partial charge in [0.25, 0.3) is 5.91 Å². The van der Waals surface area contributed by atoms with Crippen LogP contribution in [0.3, 0.4) is 0 Å². The van der Waals surface area contributed by atoms with Gasteiger partial charge < -0.3 is 9.64 Å². The molecule has 36 heavy (non-hydrogen) atoms. The maximum atomic E-state index is 14.5. The van der Waals surface area contributed by atoms with Crippen molar-refractivity contribution >= 4 is 29.5 Å². The van der Waals surface area contributed by atoms with Gasteiger partial charge in [-0.3, -0.25) is 30.0 Å². The zero-order valence-electron chi connectivity index (χ0n) is 19.0. The SMILES string of the molecule is O=C1CCC(N2Cc3ccc(COC(=O)Nc4ccc(-c5ccccn5)cc4F)cc3C2=O)C(=O)N1. The summed E-state index contributed by atoms with van der Waals surface area (Å²) in [6.45, 7) is 0.119. The van der Waals surface area contributed by atoms with Crippen LogP contribution in [0.5, 0.6) is 0 Å². The van der Waals surface area contributed by atoms with E-state index in [1.165, 1.54) is 17.0 Å². The maximum absolute atomic E-state index is 14.5. The summed E-state index contributed by atoms with van der Waals surface area (Å²) >= 11 is 0. The molecular formula is C26H21FN4O5. The van der Waals surface area contributed by atoms with Gasteiger partial charge in [-0.05, 0) is 47.9 Å². The Morgan fingerprint density at radius 1 is 1.14 bits per heavy atom. The molecule has 9 nitrogen and oxygen atoms in total. The lowest BCUT2D eigenvalue weighted by atomic mass is 10.0. The van der Waals surface area contributed by atoms with Crippen molar-refractivity contribution in [3.63, 3.8) is 0 Å². The summed E-state index contributed by atoms with van der Waals surface area (Å²) in [6, 6.07) is 14.0. The highest BCUT2D eigenvalue weighted by molar-refractivity contribution is 6.05. The molecule has 0 spiro atoms. The average Bonchev–Trinajstić information content (AvgIpc) is 3.20. The Morgan fingerprint density at radius 3 is 2.75 bits per heavy atom. The number of ether oxygens (including phenoxy) is 1. The zero-order chi connectivity index (χ0) is 25.2. The van der Waals surface area contributed by atoms with E-state index in [1.807, 2.05) is 0 Å². The van der Waals surface area contributed by atoms with Crippen LogP contribution < -0.4 is 10.6 Å². The van der Waals surface area contributed by atoms with Crippen molar-refractivity contribution in [2.45, 2.75) is 32.0 Å². The minimum Gasteiger partial charge on any atom is -0.444 e. The Balaban J connectivity index is 1.20. The first-order valence-electron chi connectivity index (χ1n) is 11.3. The number of aromatic nitrogens is 1. The number of pyridine rings is 1. The highest BCUT2D eigenvalue weighted by Crippen LogP contribution is 2.28. The Morgan fingerprint density at radius 2 is 2.00 bits per heavy atom. The molecule has 1 aromatic heterocycles. The third-order valence-electron chi connectivity index (χ3n) is 6.13. The normalized spacial score (nSPS) is 17.0. The van der Waals surface area contributed by atoms with Crippen LogP contribution in [0.1, 0.15) is 34.3 Å². The molecule has 182 valence electrons. The average molecular weight is 488 g/mol. The molecule has 0 saturated carbocycles. The fourth-order valence-corrected chi connectivity index (χ4v) is 4.30. The van der Waals surface area contributed by atoms with Gasteiger partial charge in [0.05, 0.1) is 11.4 Å². The van der Waals surface area contributed by atoms with Gasteiger partial charge >= 0.3 is 6.09 Å². The van der Waals surface area contributed by atoms with Crippen molar-refractivity contribution < 1.29 is 28.3 Å². The van der Waals surface area contributed by atoms with Gasteiger partial charge in [0, 0.05) is 30.3 Å². The quantitative estimate of drug-likeness (QED) is 0.532. The second-order valence-corrected chi connectivity index (χ2v) is 8.50. The first-order valence-corrected chi connectivity index (χ1v) is 11.3. The van der Waals surface area contributed by atoms with Crippen LogP contribution in [0.4, 0.5) is 14.9 Å². The molecule has 3 heterocycles. The summed E-state index contributed by atoms with van der Waals surface area (Å²) in [5, 5.41) is 4.64. The molecule has 0 radical (unpaired) electrons. The summed E-state index contributed by atoms with van der Waals surface area (Å²) in [7, 11) is 0. The fraction of sp³-hybridized carbons (Fsp3) is 0.192. The summed E-state index contributed by atoms with van der Waals surface area (Å²) in [6.07, 6.45) is 1.21. The Kier molecular flexibility index (Phi) is 6.16. The maximum Gasteiger partial charge on any atom is 0.412 e. The number of fused-ring (bicyclic) bond motifs is 1. The zero-order valence-corrected chi connectivity index (χ0v) is 19.0. The molecule has 10 heteroatoms. The lowest BCUT2D eigenvalue weighted by Gasteiger charge is -2.29. The summed E-state index contributed by atoms with van der Waals surface area (Å²) in [4.78, 5) is 54.4. The molecule has 1 atom stereocenters. The first-order chi connectivity index (χ1) is 17.4. The molecule has 5 rings (SSSR count). The van der Waals surface area contributed by atoms with Crippen LogP contribution in [0.25, 0.3) is 11.3 Å². The minimum absolute atomic E-state index is 0.0382. The second-order valence-electron chi connectivity index (χ2n) is 8.50. The molecule has 2 aromatic carbocycles. The number of nitrogens with one attached hydrogen (secondary N) is 2. The molecule has 2 N–H and O–H groups in total. The number of halogens is 1. The largest absolute Gasteiger partial charge is 0.444 e. The number of carbonyl (C=O) groups excluding carboxylic acids is 4. The van der Waals surface area contributed by atoms with E-state index < -0.39 is 23.9 Å².